The highest BCUT2D eigenvalue weighted by Crippen LogP contribution is 2.13. The van der Waals surface area contributed by atoms with Crippen LogP contribution >= 0.6 is 0 Å². The number of pyridine rings is 2. The van der Waals surface area contributed by atoms with Crippen molar-refractivity contribution in [1.82, 2.24) is 14.0 Å². The van der Waals surface area contributed by atoms with Gasteiger partial charge in [-0.1, -0.05) is 19.9 Å². The Bertz CT molecular complexity index is 1080. The van der Waals surface area contributed by atoms with Crippen molar-refractivity contribution < 1.29 is 0 Å². The zero-order valence-electron chi connectivity index (χ0n) is 13.3. The fourth-order valence-corrected chi connectivity index (χ4v) is 2.72. The number of nitriles is 1. The Labute approximate surface area is 132 Å². The second kappa shape index (κ2) is 5.36. The van der Waals surface area contributed by atoms with Crippen LogP contribution in [0.2, 0.25) is 0 Å². The number of hydrogen-bond donors (Lipinski definition) is 1. The van der Waals surface area contributed by atoms with E-state index in [9.17, 15) is 10.1 Å². The second-order valence-electron chi connectivity index (χ2n) is 6.06. The van der Waals surface area contributed by atoms with E-state index in [1.807, 2.05) is 32.9 Å². The summed E-state index contributed by atoms with van der Waals surface area (Å²) in [6.07, 6.45) is 1.67. The molecule has 0 aromatic carbocycles. The standard InChI is InChI=1S/C17H17N5O/c1-10(2)9-22-14(19)12(8-18)7-13-16(22)20-15-11(3)5-4-6-21(15)17(13)23/h4-7,10,19H,9H2,1-3H3. The number of hydrogen-bond acceptors (Lipinski definition) is 4. The summed E-state index contributed by atoms with van der Waals surface area (Å²) in [5.41, 5.74) is 1.98. The van der Waals surface area contributed by atoms with Crippen LogP contribution in [0.15, 0.2) is 29.2 Å². The van der Waals surface area contributed by atoms with E-state index in [-0.39, 0.29) is 22.5 Å². The van der Waals surface area contributed by atoms with Crippen molar-refractivity contribution in [3.63, 3.8) is 0 Å². The minimum absolute atomic E-state index is 0.0959. The summed E-state index contributed by atoms with van der Waals surface area (Å²) in [5.74, 6) is 0.262. The molecule has 3 aromatic rings. The van der Waals surface area contributed by atoms with Crippen molar-refractivity contribution in [2.24, 2.45) is 5.92 Å². The lowest BCUT2D eigenvalue weighted by Gasteiger charge is -2.15. The topological polar surface area (TPSA) is 86.9 Å². The fraction of sp³-hybridized carbons (Fsp3) is 0.294. The van der Waals surface area contributed by atoms with Gasteiger partial charge in [0.2, 0.25) is 0 Å². The van der Waals surface area contributed by atoms with Crippen LogP contribution in [-0.2, 0) is 6.54 Å². The van der Waals surface area contributed by atoms with Gasteiger partial charge in [-0.15, -0.1) is 0 Å². The molecule has 0 aliphatic rings. The third-order valence-electron chi connectivity index (χ3n) is 3.80. The maximum atomic E-state index is 12.8. The van der Waals surface area contributed by atoms with Gasteiger partial charge in [0.05, 0.1) is 10.9 Å². The Balaban J connectivity index is 2.59. The van der Waals surface area contributed by atoms with Gasteiger partial charge >= 0.3 is 0 Å². The van der Waals surface area contributed by atoms with E-state index >= 15 is 0 Å². The van der Waals surface area contributed by atoms with Gasteiger partial charge < -0.3 is 4.57 Å². The van der Waals surface area contributed by atoms with Crippen LogP contribution in [0.5, 0.6) is 0 Å². The van der Waals surface area contributed by atoms with E-state index in [4.69, 9.17) is 5.41 Å². The quantitative estimate of drug-likeness (QED) is 0.734. The first-order chi connectivity index (χ1) is 10.9. The summed E-state index contributed by atoms with van der Waals surface area (Å²) in [4.78, 5) is 17.4. The molecule has 23 heavy (non-hydrogen) atoms. The number of nitrogens with one attached hydrogen (secondary N) is 1. The van der Waals surface area contributed by atoms with Crippen molar-refractivity contribution in [3.05, 3.63) is 51.4 Å². The highest BCUT2D eigenvalue weighted by atomic mass is 16.1. The molecule has 0 atom stereocenters. The van der Waals surface area contributed by atoms with E-state index in [2.05, 4.69) is 4.98 Å². The van der Waals surface area contributed by atoms with E-state index in [1.54, 1.807) is 16.8 Å². The normalized spacial score (nSPS) is 11.3. The van der Waals surface area contributed by atoms with E-state index in [0.29, 0.717) is 23.2 Å². The average Bonchev–Trinajstić information content (AvgIpc) is 2.51. The molecule has 1 N–H and O–H groups in total. The predicted octanol–water partition coefficient (Wildman–Crippen LogP) is 1.96. The Morgan fingerprint density at radius 1 is 1.39 bits per heavy atom. The molecule has 3 heterocycles. The number of aryl methyl sites for hydroxylation is 1. The molecule has 3 aromatic heterocycles. The Morgan fingerprint density at radius 3 is 2.78 bits per heavy atom. The third kappa shape index (κ3) is 2.30. The second-order valence-corrected chi connectivity index (χ2v) is 6.06. The van der Waals surface area contributed by atoms with Crippen molar-refractivity contribution in [1.29, 1.82) is 10.7 Å². The summed E-state index contributed by atoms with van der Waals surface area (Å²) < 4.78 is 3.15. The molecule has 6 heteroatoms. The highest BCUT2D eigenvalue weighted by molar-refractivity contribution is 5.78. The minimum atomic E-state index is -0.220. The Kier molecular flexibility index (Phi) is 3.49. The zero-order valence-corrected chi connectivity index (χ0v) is 13.3. The average molecular weight is 307 g/mol. The van der Waals surface area contributed by atoms with Crippen LogP contribution in [0.25, 0.3) is 16.7 Å². The molecule has 0 aliphatic carbocycles. The zero-order chi connectivity index (χ0) is 16.7. The first kappa shape index (κ1) is 15.0. The van der Waals surface area contributed by atoms with Crippen LogP contribution in [0.3, 0.4) is 0 Å². The molecule has 116 valence electrons. The number of fused-ring (bicyclic) bond motifs is 2. The summed E-state index contributed by atoms with van der Waals surface area (Å²) in [6.45, 7) is 6.47. The van der Waals surface area contributed by atoms with Crippen molar-refractivity contribution >= 4 is 16.7 Å². The van der Waals surface area contributed by atoms with E-state index < -0.39 is 0 Å². The first-order valence-corrected chi connectivity index (χ1v) is 7.44. The van der Waals surface area contributed by atoms with Gasteiger partial charge in [-0.25, -0.2) is 4.98 Å². The minimum Gasteiger partial charge on any atom is -0.309 e. The van der Waals surface area contributed by atoms with Crippen LogP contribution in [-0.4, -0.2) is 14.0 Å². The fourth-order valence-electron chi connectivity index (χ4n) is 2.72. The molecule has 0 fully saturated rings. The molecule has 3 rings (SSSR count). The first-order valence-electron chi connectivity index (χ1n) is 7.44. The van der Waals surface area contributed by atoms with Gasteiger partial charge in [-0.2, -0.15) is 5.26 Å². The monoisotopic (exact) mass is 307 g/mol. The van der Waals surface area contributed by atoms with E-state index in [1.165, 1.54) is 10.5 Å². The third-order valence-corrected chi connectivity index (χ3v) is 3.80. The van der Waals surface area contributed by atoms with E-state index in [0.717, 1.165) is 5.56 Å². The molecule has 0 saturated carbocycles. The van der Waals surface area contributed by atoms with Crippen molar-refractivity contribution in [2.75, 3.05) is 0 Å². The Morgan fingerprint density at radius 2 is 2.13 bits per heavy atom. The number of rotatable bonds is 2. The smallest absolute Gasteiger partial charge is 0.267 e. The largest absolute Gasteiger partial charge is 0.309 e. The predicted molar refractivity (Wildman–Crippen MR) is 87.1 cm³/mol. The summed E-state index contributed by atoms with van der Waals surface area (Å²) >= 11 is 0. The van der Waals surface area contributed by atoms with Gasteiger partial charge in [-0.3, -0.25) is 14.6 Å². The molecule has 0 radical (unpaired) electrons. The van der Waals surface area contributed by atoms with Crippen LogP contribution in [0.4, 0.5) is 0 Å². The number of aromatic nitrogens is 3. The van der Waals surface area contributed by atoms with Crippen LogP contribution < -0.4 is 11.0 Å². The lowest BCUT2D eigenvalue weighted by molar-refractivity contribution is 0.513. The van der Waals surface area contributed by atoms with Crippen LogP contribution in [0.1, 0.15) is 25.0 Å². The Hall–Kier alpha value is -2.94. The molecule has 0 saturated heterocycles. The highest BCUT2D eigenvalue weighted by Gasteiger charge is 2.14. The summed E-state index contributed by atoms with van der Waals surface area (Å²) in [7, 11) is 0. The lowest BCUT2D eigenvalue weighted by atomic mass is 10.1. The molecule has 6 nitrogen and oxygen atoms in total. The van der Waals surface area contributed by atoms with Gasteiger partial charge in [-0.05, 0) is 30.5 Å². The molecule has 0 unspecified atom stereocenters. The molecule has 0 amide bonds. The molecule has 0 aliphatic heterocycles. The summed E-state index contributed by atoms with van der Waals surface area (Å²) in [5, 5.41) is 17.9. The van der Waals surface area contributed by atoms with Gasteiger partial charge in [0.1, 0.15) is 22.9 Å². The maximum absolute atomic E-state index is 12.8. The van der Waals surface area contributed by atoms with Crippen molar-refractivity contribution in [2.45, 2.75) is 27.3 Å². The SMILES string of the molecule is Cc1cccn2c(=O)c3cc(C#N)c(=N)n(CC(C)C)c3nc12. The maximum Gasteiger partial charge on any atom is 0.267 e. The lowest BCUT2D eigenvalue weighted by Crippen LogP contribution is -2.29. The van der Waals surface area contributed by atoms with Gasteiger partial charge in [0.15, 0.2) is 0 Å². The van der Waals surface area contributed by atoms with Crippen LogP contribution in [0, 0.1) is 29.6 Å². The summed E-state index contributed by atoms with van der Waals surface area (Å²) in [6, 6.07) is 7.16. The molecular weight excluding hydrogens is 290 g/mol. The molecular formula is C17H17N5O. The van der Waals surface area contributed by atoms with Gasteiger partial charge in [0.25, 0.3) is 5.56 Å². The molecule has 0 spiro atoms. The van der Waals surface area contributed by atoms with Crippen molar-refractivity contribution in [3.8, 4) is 6.07 Å². The van der Waals surface area contributed by atoms with Gasteiger partial charge in [0, 0.05) is 12.7 Å². The molecule has 0 bridgehead atoms. The number of nitrogens with zero attached hydrogens (tertiary/aromatic N) is 4.